The van der Waals surface area contributed by atoms with Gasteiger partial charge in [0.1, 0.15) is 0 Å². The van der Waals surface area contributed by atoms with Crippen LogP contribution in [0.25, 0.3) is 10.9 Å². The van der Waals surface area contributed by atoms with Gasteiger partial charge in [0.05, 0.1) is 26.3 Å². The molecular formula is C17H18N4O3. The van der Waals surface area contributed by atoms with Gasteiger partial charge in [0.2, 0.25) is 0 Å². The number of fused-ring (bicyclic) bond motifs is 1. The molecule has 0 saturated heterocycles. The van der Waals surface area contributed by atoms with Crippen molar-refractivity contribution in [3.8, 4) is 11.5 Å². The van der Waals surface area contributed by atoms with Crippen LogP contribution in [0.3, 0.4) is 0 Å². The van der Waals surface area contributed by atoms with E-state index in [1.807, 2.05) is 30.3 Å². The smallest absolute Gasteiger partial charge is 0.289 e. The van der Waals surface area contributed by atoms with E-state index in [1.54, 1.807) is 19.2 Å². The van der Waals surface area contributed by atoms with Gasteiger partial charge in [-0.2, -0.15) is 5.10 Å². The van der Waals surface area contributed by atoms with Crippen molar-refractivity contribution in [1.82, 2.24) is 15.2 Å². The average Bonchev–Trinajstić information content (AvgIpc) is 3.03. The number of hydrazine groups is 1. The maximum Gasteiger partial charge on any atom is 0.289 e. The van der Waals surface area contributed by atoms with Gasteiger partial charge in [-0.05, 0) is 11.6 Å². The predicted octanol–water partition coefficient (Wildman–Crippen LogP) is 2.10. The number of hydrogen-bond donors (Lipinski definition) is 2. The Kier molecular flexibility index (Phi) is 4.35. The molecule has 0 bridgehead atoms. The fraction of sp³-hybridized carbons (Fsp3) is 0.176. The maximum absolute atomic E-state index is 12.6. The first kappa shape index (κ1) is 15.8. The molecule has 1 aromatic heterocycles. The van der Waals surface area contributed by atoms with Crippen molar-refractivity contribution >= 4 is 16.8 Å². The lowest BCUT2D eigenvalue weighted by Crippen LogP contribution is -2.37. The quantitative estimate of drug-likeness (QED) is 0.425. The molecule has 0 aliphatic heterocycles. The van der Waals surface area contributed by atoms with Gasteiger partial charge in [0, 0.05) is 11.5 Å². The van der Waals surface area contributed by atoms with Crippen LogP contribution < -0.4 is 15.3 Å². The van der Waals surface area contributed by atoms with Crippen LogP contribution in [0.4, 0.5) is 0 Å². The normalized spacial score (nSPS) is 10.6. The highest BCUT2D eigenvalue weighted by Gasteiger charge is 2.21. The number of ether oxygens (including phenoxy) is 2. The molecule has 7 heteroatoms. The van der Waals surface area contributed by atoms with Gasteiger partial charge in [-0.15, -0.1) is 0 Å². The molecule has 3 rings (SSSR count). The van der Waals surface area contributed by atoms with E-state index in [0.29, 0.717) is 28.9 Å². The molecule has 0 saturated carbocycles. The molecule has 3 N–H and O–H groups in total. The van der Waals surface area contributed by atoms with Crippen LogP contribution in [0.5, 0.6) is 11.5 Å². The molecular weight excluding hydrogens is 308 g/mol. The number of carbonyl (C=O) groups is 1. The Labute approximate surface area is 138 Å². The second-order valence-electron chi connectivity index (χ2n) is 5.24. The van der Waals surface area contributed by atoms with E-state index in [9.17, 15) is 4.79 Å². The summed E-state index contributed by atoms with van der Waals surface area (Å²) in [6.07, 6.45) is 0. The topological polar surface area (TPSA) is 93.5 Å². The average molecular weight is 326 g/mol. The van der Waals surface area contributed by atoms with Gasteiger partial charge >= 0.3 is 0 Å². The van der Waals surface area contributed by atoms with E-state index in [1.165, 1.54) is 7.11 Å². The van der Waals surface area contributed by atoms with Gasteiger partial charge in [-0.1, -0.05) is 30.3 Å². The second kappa shape index (κ2) is 6.59. The molecule has 1 heterocycles. The molecule has 0 atom stereocenters. The number of carbonyl (C=O) groups excluding carboxylic acids is 1. The number of nitrogens with zero attached hydrogens (tertiary/aromatic N) is 2. The molecule has 0 spiro atoms. The van der Waals surface area contributed by atoms with Crippen LogP contribution in [0.2, 0.25) is 0 Å². The molecule has 0 aliphatic rings. The summed E-state index contributed by atoms with van der Waals surface area (Å²) < 4.78 is 10.5. The third-order valence-corrected chi connectivity index (χ3v) is 3.73. The van der Waals surface area contributed by atoms with Crippen molar-refractivity contribution in [2.24, 2.45) is 5.84 Å². The van der Waals surface area contributed by atoms with Crippen molar-refractivity contribution in [3.63, 3.8) is 0 Å². The largest absolute Gasteiger partial charge is 0.493 e. The number of nitrogens with one attached hydrogen (secondary N) is 1. The fourth-order valence-corrected chi connectivity index (χ4v) is 2.49. The number of rotatable bonds is 5. The summed E-state index contributed by atoms with van der Waals surface area (Å²) in [6, 6.07) is 13.0. The minimum absolute atomic E-state index is 0.240. The first-order valence-corrected chi connectivity index (χ1v) is 7.34. The zero-order valence-corrected chi connectivity index (χ0v) is 13.4. The Morgan fingerprint density at radius 3 is 2.50 bits per heavy atom. The minimum Gasteiger partial charge on any atom is -0.493 e. The summed E-state index contributed by atoms with van der Waals surface area (Å²) in [6.45, 7) is 0.293. The number of benzene rings is 2. The lowest BCUT2D eigenvalue weighted by molar-refractivity contribution is 0.0739. The Balaban J connectivity index is 1.92. The van der Waals surface area contributed by atoms with Crippen LogP contribution >= 0.6 is 0 Å². The Morgan fingerprint density at radius 1 is 1.17 bits per heavy atom. The van der Waals surface area contributed by atoms with Crippen LogP contribution in [0, 0.1) is 0 Å². The minimum atomic E-state index is -0.377. The number of hydrogen-bond acceptors (Lipinski definition) is 5. The second-order valence-corrected chi connectivity index (χ2v) is 5.24. The summed E-state index contributed by atoms with van der Waals surface area (Å²) in [5, 5.41) is 8.69. The predicted molar refractivity (Wildman–Crippen MR) is 89.7 cm³/mol. The number of H-pyrrole nitrogens is 1. The third kappa shape index (κ3) is 2.89. The van der Waals surface area contributed by atoms with E-state index in [4.69, 9.17) is 15.3 Å². The number of aromatic nitrogens is 2. The van der Waals surface area contributed by atoms with Gasteiger partial charge in [0.25, 0.3) is 5.91 Å². The zero-order chi connectivity index (χ0) is 17.1. The van der Waals surface area contributed by atoms with Crippen molar-refractivity contribution in [3.05, 3.63) is 53.7 Å². The molecule has 0 fully saturated rings. The SMILES string of the molecule is COc1cc2[nH]nc(C(=O)N(N)Cc3ccccc3)c2cc1OC. The van der Waals surface area contributed by atoms with E-state index in [2.05, 4.69) is 10.2 Å². The summed E-state index contributed by atoms with van der Waals surface area (Å²) in [7, 11) is 3.09. The van der Waals surface area contributed by atoms with Gasteiger partial charge in [-0.25, -0.2) is 5.84 Å². The zero-order valence-electron chi connectivity index (χ0n) is 13.4. The van der Waals surface area contributed by atoms with Crippen molar-refractivity contribution in [2.75, 3.05) is 14.2 Å². The number of methoxy groups -OCH3 is 2. The highest BCUT2D eigenvalue weighted by Crippen LogP contribution is 2.32. The van der Waals surface area contributed by atoms with Crippen molar-refractivity contribution in [1.29, 1.82) is 0 Å². The molecule has 2 aromatic carbocycles. The monoisotopic (exact) mass is 326 g/mol. The van der Waals surface area contributed by atoms with Crippen molar-refractivity contribution < 1.29 is 14.3 Å². The first-order chi connectivity index (χ1) is 11.6. The molecule has 1 amide bonds. The summed E-state index contributed by atoms with van der Waals surface area (Å²) >= 11 is 0. The third-order valence-electron chi connectivity index (χ3n) is 3.73. The fourth-order valence-electron chi connectivity index (χ4n) is 2.49. The van der Waals surface area contributed by atoms with Gasteiger partial charge in [0.15, 0.2) is 17.2 Å². The maximum atomic E-state index is 12.6. The summed E-state index contributed by atoms with van der Waals surface area (Å²) in [4.78, 5) is 12.6. The molecule has 124 valence electrons. The van der Waals surface area contributed by atoms with Crippen molar-refractivity contribution in [2.45, 2.75) is 6.54 Å². The Bertz CT molecular complexity index is 861. The number of aromatic amines is 1. The van der Waals surface area contributed by atoms with E-state index >= 15 is 0 Å². The van der Waals surface area contributed by atoms with Crippen LogP contribution in [-0.4, -0.2) is 35.3 Å². The molecule has 7 nitrogen and oxygen atoms in total. The number of amides is 1. The van der Waals surface area contributed by atoms with Gasteiger partial charge < -0.3 is 9.47 Å². The highest BCUT2D eigenvalue weighted by atomic mass is 16.5. The molecule has 0 aliphatic carbocycles. The summed E-state index contributed by atoms with van der Waals surface area (Å²) in [5.74, 6) is 6.63. The van der Waals surface area contributed by atoms with Crippen LogP contribution in [0.15, 0.2) is 42.5 Å². The standard InChI is InChI=1S/C17H18N4O3/c1-23-14-8-12-13(9-15(14)24-2)19-20-16(12)17(22)21(18)10-11-6-4-3-5-7-11/h3-9H,10,18H2,1-2H3,(H,19,20). The van der Waals surface area contributed by atoms with E-state index in [-0.39, 0.29) is 11.6 Å². The molecule has 0 unspecified atom stereocenters. The van der Waals surface area contributed by atoms with E-state index in [0.717, 1.165) is 10.6 Å². The Hall–Kier alpha value is -3.06. The number of nitrogens with two attached hydrogens (primary N) is 1. The highest BCUT2D eigenvalue weighted by molar-refractivity contribution is 6.05. The van der Waals surface area contributed by atoms with E-state index < -0.39 is 0 Å². The van der Waals surface area contributed by atoms with Gasteiger partial charge in [-0.3, -0.25) is 14.9 Å². The first-order valence-electron chi connectivity index (χ1n) is 7.34. The lowest BCUT2D eigenvalue weighted by Gasteiger charge is -2.15. The lowest BCUT2D eigenvalue weighted by atomic mass is 10.1. The van der Waals surface area contributed by atoms with Crippen LogP contribution in [0.1, 0.15) is 16.1 Å². The molecule has 3 aromatic rings. The Morgan fingerprint density at radius 2 is 1.83 bits per heavy atom. The van der Waals surface area contributed by atoms with Crippen LogP contribution in [-0.2, 0) is 6.54 Å². The molecule has 0 radical (unpaired) electrons. The molecule has 24 heavy (non-hydrogen) atoms. The summed E-state index contributed by atoms with van der Waals surface area (Å²) in [5.41, 5.74) is 1.85.